The molecule has 4 rings (SSSR count). The van der Waals surface area contributed by atoms with Crippen molar-refractivity contribution in [2.24, 2.45) is 0 Å². The van der Waals surface area contributed by atoms with E-state index in [1.165, 1.54) is 17.8 Å². The van der Waals surface area contributed by atoms with E-state index in [0.717, 1.165) is 25.9 Å². The monoisotopic (exact) mass is 454 g/mol. The fourth-order valence-electron chi connectivity index (χ4n) is 3.51. The number of Topliss-reactive ketones (excluding diaryl/α,β-unsaturated/α-hetero) is 1. The average Bonchev–Trinajstić information content (AvgIpc) is 3.35. The lowest BCUT2D eigenvalue weighted by Crippen LogP contribution is -2.29. The summed E-state index contributed by atoms with van der Waals surface area (Å²) in [5.41, 5.74) is 1.01. The smallest absolute Gasteiger partial charge is 0.339 e. The van der Waals surface area contributed by atoms with Crippen LogP contribution in [-0.4, -0.2) is 60.5 Å². The molecule has 0 saturated carbocycles. The summed E-state index contributed by atoms with van der Waals surface area (Å²) in [7, 11) is 0. The molecule has 9 heteroatoms. The molecule has 0 radical (unpaired) electrons. The Hall–Kier alpha value is -3.33. The minimum Gasteiger partial charge on any atom is -0.482 e. The van der Waals surface area contributed by atoms with Crippen LogP contribution in [0.4, 0.5) is 5.69 Å². The van der Waals surface area contributed by atoms with Gasteiger partial charge in [0.2, 0.25) is 5.91 Å². The summed E-state index contributed by atoms with van der Waals surface area (Å²) >= 11 is 1.29. The molecular weight excluding hydrogens is 432 g/mol. The maximum Gasteiger partial charge on any atom is 0.339 e. The Morgan fingerprint density at radius 3 is 2.69 bits per heavy atom. The van der Waals surface area contributed by atoms with Gasteiger partial charge in [0, 0.05) is 23.5 Å². The highest BCUT2D eigenvalue weighted by molar-refractivity contribution is 8.00. The second kappa shape index (κ2) is 9.86. The molecule has 0 bridgehead atoms. The lowest BCUT2D eigenvalue weighted by molar-refractivity contribution is -0.127. The maximum atomic E-state index is 12.6. The predicted octanol–water partition coefficient (Wildman–Crippen LogP) is 2.77. The van der Waals surface area contributed by atoms with E-state index in [-0.39, 0.29) is 24.2 Å². The topological polar surface area (TPSA) is 102 Å². The molecule has 0 atom stereocenters. The maximum absolute atomic E-state index is 12.6. The van der Waals surface area contributed by atoms with Crippen molar-refractivity contribution >= 4 is 41.0 Å². The van der Waals surface area contributed by atoms with Crippen LogP contribution < -0.4 is 10.1 Å². The summed E-state index contributed by atoms with van der Waals surface area (Å²) in [4.78, 5) is 51.4. The van der Waals surface area contributed by atoms with E-state index in [4.69, 9.17) is 9.47 Å². The van der Waals surface area contributed by atoms with E-state index in [2.05, 4.69) is 5.32 Å². The normalized spacial score (nSPS) is 14.9. The number of anilines is 1. The Labute approximate surface area is 189 Å². The SMILES string of the molecule is O=C1COc2ccc(C(=O)COC(=O)c3ccccc3SCC(=O)N3CCCC3)cc2N1. The largest absolute Gasteiger partial charge is 0.482 e. The number of likely N-dealkylation sites (tertiary alicyclic amines) is 1. The first-order valence-corrected chi connectivity index (χ1v) is 11.3. The Morgan fingerprint density at radius 1 is 1.09 bits per heavy atom. The number of carbonyl (C=O) groups is 4. The molecule has 32 heavy (non-hydrogen) atoms. The van der Waals surface area contributed by atoms with Crippen LogP contribution in [0.2, 0.25) is 0 Å². The molecule has 166 valence electrons. The van der Waals surface area contributed by atoms with Crippen molar-refractivity contribution in [3.8, 4) is 5.75 Å². The lowest BCUT2D eigenvalue weighted by atomic mass is 10.1. The number of ketones is 1. The summed E-state index contributed by atoms with van der Waals surface area (Å²) in [5.74, 6) is -0.570. The summed E-state index contributed by atoms with van der Waals surface area (Å²) in [6, 6.07) is 11.5. The van der Waals surface area contributed by atoms with Gasteiger partial charge in [-0.2, -0.15) is 0 Å². The van der Waals surface area contributed by atoms with Gasteiger partial charge in [-0.1, -0.05) is 12.1 Å². The van der Waals surface area contributed by atoms with Crippen LogP contribution >= 0.6 is 11.8 Å². The molecule has 0 aliphatic carbocycles. The zero-order chi connectivity index (χ0) is 22.5. The second-order valence-corrected chi connectivity index (χ2v) is 8.44. The summed E-state index contributed by atoms with van der Waals surface area (Å²) in [6.07, 6.45) is 2.05. The lowest BCUT2D eigenvalue weighted by Gasteiger charge is -2.18. The van der Waals surface area contributed by atoms with E-state index in [0.29, 0.717) is 27.5 Å². The number of carbonyl (C=O) groups excluding carboxylic acids is 4. The Bertz CT molecular complexity index is 1060. The number of amides is 2. The molecule has 1 N–H and O–H groups in total. The number of thioether (sulfide) groups is 1. The fraction of sp³-hybridized carbons (Fsp3) is 0.304. The van der Waals surface area contributed by atoms with Gasteiger partial charge in [-0.15, -0.1) is 11.8 Å². The van der Waals surface area contributed by atoms with Crippen LogP contribution in [0.25, 0.3) is 0 Å². The standard InChI is InChI=1S/C23H22N2O6S/c26-18(15-7-8-19-17(11-15)24-21(27)13-30-19)12-31-23(29)16-5-1-2-6-20(16)32-14-22(28)25-9-3-4-10-25/h1-2,5-8,11H,3-4,9-10,12-14H2,(H,24,27). The van der Waals surface area contributed by atoms with Gasteiger partial charge < -0.3 is 19.7 Å². The number of rotatable bonds is 7. The molecule has 1 fully saturated rings. The van der Waals surface area contributed by atoms with E-state index in [1.54, 1.807) is 36.4 Å². The molecule has 2 aliphatic heterocycles. The van der Waals surface area contributed by atoms with Gasteiger partial charge in [-0.3, -0.25) is 14.4 Å². The Morgan fingerprint density at radius 2 is 1.88 bits per heavy atom. The van der Waals surface area contributed by atoms with Crippen molar-refractivity contribution in [1.29, 1.82) is 0 Å². The van der Waals surface area contributed by atoms with Crippen molar-refractivity contribution < 1.29 is 28.7 Å². The Kier molecular flexibility index (Phi) is 6.75. The quantitative estimate of drug-likeness (QED) is 0.390. The molecule has 2 heterocycles. The number of ether oxygens (including phenoxy) is 2. The van der Waals surface area contributed by atoms with Crippen LogP contribution in [0.1, 0.15) is 33.6 Å². The summed E-state index contributed by atoms with van der Waals surface area (Å²) < 4.78 is 10.5. The third kappa shape index (κ3) is 5.11. The minimum atomic E-state index is -0.635. The highest BCUT2D eigenvalue weighted by Gasteiger charge is 2.21. The molecule has 8 nitrogen and oxygen atoms in total. The van der Waals surface area contributed by atoms with Crippen LogP contribution in [0.15, 0.2) is 47.4 Å². The van der Waals surface area contributed by atoms with E-state index in [9.17, 15) is 19.2 Å². The molecule has 2 amide bonds. The van der Waals surface area contributed by atoms with Crippen molar-refractivity contribution in [2.75, 3.05) is 37.4 Å². The zero-order valence-electron chi connectivity index (χ0n) is 17.3. The first kappa shape index (κ1) is 21.9. The number of nitrogens with one attached hydrogen (secondary N) is 1. The number of fused-ring (bicyclic) bond motifs is 1. The molecular formula is C23H22N2O6S. The number of benzene rings is 2. The average molecular weight is 455 g/mol. The Balaban J connectivity index is 1.36. The van der Waals surface area contributed by atoms with Crippen molar-refractivity contribution in [1.82, 2.24) is 4.90 Å². The second-order valence-electron chi connectivity index (χ2n) is 7.42. The minimum absolute atomic E-state index is 0.0503. The van der Waals surface area contributed by atoms with Gasteiger partial charge in [0.05, 0.1) is 17.0 Å². The molecule has 0 unspecified atom stereocenters. The third-order valence-electron chi connectivity index (χ3n) is 5.19. The van der Waals surface area contributed by atoms with Gasteiger partial charge in [0.15, 0.2) is 19.0 Å². The van der Waals surface area contributed by atoms with Gasteiger partial charge in [-0.25, -0.2) is 4.79 Å². The van der Waals surface area contributed by atoms with Crippen molar-refractivity contribution in [3.05, 3.63) is 53.6 Å². The van der Waals surface area contributed by atoms with Gasteiger partial charge in [0.1, 0.15) is 5.75 Å². The summed E-state index contributed by atoms with van der Waals surface area (Å²) in [6.45, 7) is 1.05. The summed E-state index contributed by atoms with van der Waals surface area (Å²) in [5, 5.41) is 2.64. The highest BCUT2D eigenvalue weighted by Crippen LogP contribution is 2.29. The van der Waals surface area contributed by atoms with Gasteiger partial charge in [-0.05, 0) is 43.2 Å². The highest BCUT2D eigenvalue weighted by atomic mass is 32.2. The van der Waals surface area contributed by atoms with E-state index in [1.807, 2.05) is 4.90 Å². The molecule has 1 saturated heterocycles. The third-order valence-corrected chi connectivity index (χ3v) is 6.24. The predicted molar refractivity (Wildman–Crippen MR) is 118 cm³/mol. The molecule has 2 aliphatic rings. The van der Waals surface area contributed by atoms with Gasteiger partial charge in [0.25, 0.3) is 5.91 Å². The molecule has 0 spiro atoms. The number of hydrogen-bond acceptors (Lipinski definition) is 7. The molecule has 2 aromatic rings. The molecule has 2 aromatic carbocycles. The van der Waals surface area contributed by atoms with Crippen molar-refractivity contribution in [2.45, 2.75) is 17.7 Å². The van der Waals surface area contributed by atoms with Crippen molar-refractivity contribution in [3.63, 3.8) is 0 Å². The first-order valence-electron chi connectivity index (χ1n) is 10.3. The molecule has 0 aromatic heterocycles. The van der Waals surface area contributed by atoms with Crippen LogP contribution in [0.5, 0.6) is 5.75 Å². The number of hydrogen-bond donors (Lipinski definition) is 1. The van der Waals surface area contributed by atoms with Gasteiger partial charge >= 0.3 is 5.97 Å². The zero-order valence-corrected chi connectivity index (χ0v) is 18.1. The van der Waals surface area contributed by atoms with E-state index >= 15 is 0 Å². The first-order chi connectivity index (χ1) is 15.5. The number of esters is 1. The van der Waals surface area contributed by atoms with Crippen LogP contribution in [-0.2, 0) is 14.3 Å². The van der Waals surface area contributed by atoms with Crippen LogP contribution in [0, 0.1) is 0 Å². The van der Waals surface area contributed by atoms with E-state index < -0.39 is 18.4 Å². The number of nitrogens with zero attached hydrogens (tertiary/aromatic N) is 1. The fourth-order valence-corrected chi connectivity index (χ4v) is 4.45. The van der Waals surface area contributed by atoms with Crippen LogP contribution in [0.3, 0.4) is 0 Å².